The van der Waals surface area contributed by atoms with E-state index in [-0.39, 0.29) is 6.04 Å². The summed E-state index contributed by atoms with van der Waals surface area (Å²) in [5.74, 6) is 1.64. The molecule has 0 amide bonds. The molecule has 1 heterocycles. The van der Waals surface area contributed by atoms with Crippen molar-refractivity contribution in [1.82, 2.24) is 0 Å². The highest BCUT2D eigenvalue weighted by molar-refractivity contribution is 9.10. The lowest BCUT2D eigenvalue weighted by Gasteiger charge is -2.44. The molecule has 2 aromatic carbocycles. The molecular weight excluding hydrogens is 378 g/mol. The summed E-state index contributed by atoms with van der Waals surface area (Å²) in [6.45, 7) is 0. The second-order valence-corrected chi connectivity index (χ2v) is 8.60. The quantitative estimate of drug-likeness (QED) is 0.708. The highest BCUT2D eigenvalue weighted by atomic mass is 79.9. The van der Waals surface area contributed by atoms with Crippen LogP contribution in [0, 0.1) is 17.8 Å². The van der Waals surface area contributed by atoms with Crippen molar-refractivity contribution >= 4 is 27.6 Å². The first-order valence-corrected chi connectivity index (χ1v) is 9.81. The number of fused-ring (bicyclic) bond motifs is 7. The number of para-hydroxylation sites is 1. The van der Waals surface area contributed by atoms with Crippen LogP contribution >= 0.6 is 15.9 Å². The SMILES string of the molecule is O=C(O)c1cccc2c1N[C@H](c1cccc(Br)c1)[C@@H]1[C@@H]3CC[C@@H](C3)[C@H]21. The molecule has 3 nitrogen and oxygen atoms in total. The summed E-state index contributed by atoms with van der Waals surface area (Å²) >= 11 is 3.59. The van der Waals surface area contributed by atoms with E-state index >= 15 is 0 Å². The highest BCUT2D eigenvalue weighted by Crippen LogP contribution is 2.64. The molecule has 128 valence electrons. The average molecular weight is 398 g/mol. The van der Waals surface area contributed by atoms with Crippen LogP contribution in [0.5, 0.6) is 0 Å². The van der Waals surface area contributed by atoms with Gasteiger partial charge in [0.05, 0.1) is 17.3 Å². The summed E-state index contributed by atoms with van der Waals surface area (Å²) in [6, 6.07) is 14.4. The number of carboxylic acids is 1. The van der Waals surface area contributed by atoms with Gasteiger partial charge in [0.25, 0.3) is 0 Å². The third-order valence-corrected chi connectivity index (χ3v) is 7.05. The maximum atomic E-state index is 11.8. The molecule has 0 radical (unpaired) electrons. The van der Waals surface area contributed by atoms with Crippen molar-refractivity contribution in [2.45, 2.75) is 31.2 Å². The molecule has 0 unspecified atom stereocenters. The summed E-state index contributed by atoms with van der Waals surface area (Å²) in [5.41, 5.74) is 3.72. The van der Waals surface area contributed by atoms with Crippen LogP contribution in [0.2, 0.25) is 0 Å². The lowest BCUT2D eigenvalue weighted by molar-refractivity contribution is 0.0697. The van der Waals surface area contributed by atoms with Crippen LogP contribution in [0.3, 0.4) is 0 Å². The summed E-state index contributed by atoms with van der Waals surface area (Å²) in [7, 11) is 0. The largest absolute Gasteiger partial charge is 0.478 e. The van der Waals surface area contributed by atoms with E-state index in [0.29, 0.717) is 23.3 Å². The van der Waals surface area contributed by atoms with Crippen LogP contribution in [-0.2, 0) is 0 Å². The van der Waals surface area contributed by atoms with Crippen molar-refractivity contribution in [3.05, 3.63) is 63.6 Å². The molecule has 2 fully saturated rings. The Bertz CT molecular complexity index is 865. The molecule has 2 aromatic rings. The molecule has 5 rings (SSSR count). The molecule has 1 aliphatic heterocycles. The van der Waals surface area contributed by atoms with Gasteiger partial charge in [-0.05, 0) is 72.3 Å². The molecule has 2 aliphatic carbocycles. The number of carbonyl (C=O) groups is 1. The minimum atomic E-state index is -0.848. The van der Waals surface area contributed by atoms with Gasteiger partial charge >= 0.3 is 5.97 Å². The van der Waals surface area contributed by atoms with E-state index in [1.165, 1.54) is 30.4 Å². The monoisotopic (exact) mass is 397 g/mol. The number of halogens is 1. The van der Waals surface area contributed by atoms with Crippen molar-refractivity contribution in [2.75, 3.05) is 5.32 Å². The Balaban J connectivity index is 1.68. The molecule has 2 N–H and O–H groups in total. The minimum Gasteiger partial charge on any atom is -0.478 e. The van der Waals surface area contributed by atoms with Gasteiger partial charge in [0.1, 0.15) is 0 Å². The number of aromatic carboxylic acids is 1. The molecular formula is C21H20BrNO2. The average Bonchev–Trinajstić information content (AvgIpc) is 3.22. The maximum Gasteiger partial charge on any atom is 0.337 e. The summed E-state index contributed by atoms with van der Waals surface area (Å²) in [4.78, 5) is 11.8. The van der Waals surface area contributed by atoms with Crippen molar-refractivity contribution in [3.63, 3.8) is 0 Å². The van der Waals surface area contributed by atoms with Crippen LogP contribution in [0.15, 0.2) is 46.9 Å². The van der Waals surface area contributed by atoms with Crippen molar-refractivity contribution in [1.29, 1.82) is 0 Å². The maximum absolute atomic E-state index is 11.8. The first kappa shape index (κ1) is 15.4. The van der Waals surface area contributed by atoms with Gasteiger partial charge in [-0.3, -0.25) is 0 Å². The number of nitrogens with one attached hydrogen (secondary N) is 1. The van der Waals surface area contributed by atoms with Crippen LogP contribution in [-0.4, -0.2) is 11.1 Å². The first-order valence-electron chi connectivity index (χ1n) is 9.01. The van der Waals surface area contributed by atoms with Gasteiger partial charge in [-0.15, -0.1) is 0 Å². The Labute approximate surface area is 155 Å². The number of benzene rings is 2. The number of hydrogen-bond acceptors (Lipinski definition) is 2. The van der Waals surface area contributed by atoms with Crippen LogP contribution in [0.1, 0.15) is 52.7 Å². The summed E-state index contributed by atoms with van der Waals surface area (Å²) < 4.78 is 1.07. The summed E-state index contributed by atoms with van der Waals surface area (Å²) in [5, 5.41) is 13.3. The van der Waals surface area contributed by atoms with E-state index in [1.54, 1.807) is 6.07 Å². The highest BCUT2D eigenvalue weighted by Gasteiger charge is 2.54. The van der Waals surface area contributed by atoms with E-state index in [4.69, 9.17) is 0 Å². The molecule has 2 saturated carbocycles. The molecule has 5 atom stereocenters. The standard InChI is InChI=1S/C21H20BrNO2/c22-14-4-1-3-13(10-14)19-18-12-8-7-11(9-12)17(18)15-5-2-6-16(21(24)25)20(15)23-19/h1-6,10-12,17-19,23H,7-9H2,(H,24,25)/t11-,12+,17+,18+,19+/m0/s1. The van der Waals surface area contributed by atoms with Gasteiger partial charge in [-0.2, -0.15) is 0 Å². The molecule has 25 heavy (non-hydrogen) atoms. The summed E-state index contributed by atoms with van der Waals surface area (Å²) in [6.07, 6.45) is 3.89. The Kier molecular flexibility index (Phi) is 3.46. The number of anilines is 1. The number of carboxylic acid groups (broad SMARTS) is 1. The Morgan fingerprint density at radius 2 is 1.92 bits per heavy atom. The predicted octanol–water partition coefficient (Wildman–Crippen LogP) is 5.44. The molecule has 0 saturated heterocycles. The van der Waals surface area contributed by atoms with Gasteiger partial charge in [0.15, 0.2) is 0 Å². The lowest BCUT2D eigenvalue weighted by atomic mass is 9.67. The van der Waals surface area contributed by atoms with Gasteiger partial charge in [0, 0.05) is 4.47 Å². The van der Waals surface area contributed by atoms with Crippen LogP contribution < -0.4 is 5.32 Å². The van der Waals surface area contributed by atoms with Crippen molar-refractivity contribution in [2.24, 2.45) is 17.8 Å². The molecule has 4 heteroatoms. The molecule has 2 bridgehead atoms. The number of hydrogen-bond donors (Lipinski definition) is 2. The lowest BCUT2D eigenvalue weighted by Crippen LogP contribution is -2.36. The fourth-order valence-electron chi connectivity index (χ4n) is 5.72. The zero-order valence-electron chi connectivity index (χ0n) is 13.8. The number of rotatable bonds is 2. The fraction of sp³-hybridized carbons (Fsp3) is 0.381. The van der Waals surface area contributed by atoms with E-state index in [1.807, 2.05) is 12.1 Å². The Morgan fingerprint density at radius 1 is 1.12 bits per heavy atom. The van der Waals surface area contributed by atoms with Gasteiger partial charge in [-0.1, -0.05) is 40.2 Å². The third kappa shape index (κ3) is 2.27. The van der Waals surface area contributed by atoms with E-state index in [9.17, 15) is 9.90 Å². The second kappa shape index (κ2) is 5.60. The van der Waals surface area contributed by atoms with Gasteiger partial charge < -0.3 is 10.4 Å². The fourth-order valence-corrected chi connectivity index (χ4v) is 6.14. The normalized spacial score (nSPS) is 32.0. The Hall–Kier alpha value is -1.81. The first-order chi connectivity index (χ1) is 12.1. The van der Waals surface area contributed by atoms with E-state index in [0.717, 1.165) is 16.1 Å². The van der Waals surface area contributed by atoms with Crippen molar-refractivity contribution in [3.8, 4) is 0 Å². The zero-order valence-corrected chi connectivity index (χ0v) is 15.4. The second-order valence-electron chi connectivity index (χ2n) is 7.69. The van der Waals surface area contributed by atoms with E-state index < -0.39 is 5.97 Å². The van der Waals surface area contributed by atoms with Crippen LogP contribution in [0.4, 0.5) is 5.69 Å². The van der Waals surface area contributed by atoms with E-state index in [2.05, 4.69) is 45.5 Å². The molecule has 0 aromatic heterocycles. The third-order valence-electron chi connectivity index (χ3n) is 6.56. The van der Waals surface area contributed by atoms with Crippen molar-refractivity contribution < 1.29 is 9.90 Å². The van der Waals surface area contributed by atoms with Gasteiger partial charge in [-0.25, -0.2) is 4.79 Å². The Morgan fingerprint density at radius 3 is 2.72 bits per heavy atom. The molecule has 3 aliphatic rings. The topological polar surface area (TPSA) is 49.3 Å². The van der Waals surface area contributed by atoms with Crippen LogP contribution in [0.25, 0.3) is 0 Å². The zero-order chi connectivity index (χ0) is 17.1. The minimum absolute atomic E-state index is 0.186. The van der Waals surface area contributed by atoms with Gasteiger partial charge in [0.2, 0.25) is 0 Å². The smallest absolute Gasteiger partial charge is 0.337 e. The molecule has 0 spiro atoms. The predicted molar refractivity (Wildman–Crippen MR) is 101 cm³/mol.